The molecular formula is C25H29NO3. The van der Waals surface area contributed by atoms with E-state index in [0.717, 1.165) is 37.7 Å². The first kappa shape index (κ1) is 19.7. The van der Waals surface area contributed by atoms with Crippen LogP contribution in [0.5, 0.6) is 5.75 Å². The number of phenols is 1. The summed E-state index contributed by atoms with van der Waals surface area (Å²) in [4.78, 5) is 14.3. The number of aryl methyl sites for hydroxylation is 2. The fourth-order valence-corrected chi connectivity index (χ4v) is 4.83. The van der Waals surface area contributed by atoms with E-state index < -0.39 is 6.10 Å². The number of pyridine rings is 1. The van der Waals surface area contributed by atoms with Gasteiger partial charge in [-0.25, -0.2) is 0 Å². The van der Waals surface area contributed by atoms with Crippen LogP contribution < -0.4 is 5.56 Å². The van der Waals surface area contributed by atoms with Gasteiger partial charge in [0, 0.05) is 11.5 Å². The summed E-state index contributed by atoms with van der Waals surface area (Å²) in [6.07, 6.45) is 5.32. The fourth-order valence-electron chi connectivity index (χ4n) is 4.83. The lowest BCUT2D eigenvalue weighted by Gasteiger charge is -2.16. The standard InChI is InChI=1S/C25H29NO3/c1-3-16-13-18-11-15(12-19(18)14-17(16)4-2)5-8-22(27)20-6-9-23(28)25-21(20)7-10-24(29)26-25/h6-7,9-10,13-15,22,27-28H,3-5,8,11-12H2,1-2H3,(H,26,29)/t22-/m0/s1. The van der Waals surface area contributed by atoms with Crippen molar-refractivity contribution in [1.82, 2.24) is 4.98 Å². The van der Waals surface area contributed by atoms with Gasteiger partial charge in [-0.2, -0.15) is 0 Å². The number of aliphatic hydroxyl groups is 1. The predicted octanol–water partition coefficient (Wildman–Crippen LogP) is 4.59. The van der Waals surface area contributed by atoms with Gasteiger partial charge in [-0.1, -0.05) is 32.0 Å². The van der Waals surface area contributed by atoms with Crippen LogP contribution in [0, 0.1) is 5.92 Å². The van der Waals surface area contributed by atoms with E-state index >= 15 is 0 Å². The zero-order valence-corrected chi connectivity index (χ0v) is 17.2. The molecule has 0 spiro atoms. The second-order valence-electron chi connectivity index (χ2n) is 8.25. The van der Waals surface area contributed by atoms with E-state index in [0.29, 0.717) is 23.2 Å². The molecule has 4 heteroatoms. The first-order valence-electron chi connectivity index (χ1n) is 10.7. The van der Waals surface area contributed by atoms with Gasteiger partial charge in [0.15, 0.2) is 0 Å². The fraction of sp³-hybridized carbons (Fsp3) is 0.400. The van der Waals surface area contributed by atoms with E-state index in [-0.39, 0.29) is 11.3 Å². The van der Waals surface area contributed by atoms with Crippen molar-refractivity contribution in [2.75, 3.05) is 0 Å². The van der Waals surface area contributed by atoms with E-state index in [9.17, 15) is 15.0 Å². The van der Waals surface area contributed by atoms with Gasteiger partial charge in [-0.05, 0) is 84.4 Å². The summed E-state index contributed by atoms with van der Waals surface area (Å²) in [6.45, 7) is 4.44. The summed E-state index contributed by atoms with van der Waals surface area (Å²) in [7, 11) is 0. The van der Waals surface area contributed by atoms with Crippen molar-refractivity contribution in [1.29, 1.82) is 0 Å². The molecule has 0 radical (unpaired) electrons. The number of H-pyrrole nitrogens is 1. The molecule has 0 bridgehead atoms. The minimum atomic E-state index is -0.620. The summed E-state index contributed by atoms with van der Waals surface area (Å²) in [5.41, 5.74) is 6.78. The zero-order chi connectivity index (χ0) is 20.5. The van der Waals surface area contributed by atoms with Crippen LogP contribution in [0.15, 0.2) is 41.2 Å². The normalized spacial score (nSPS) is 15.0. The molecule has 0 fully saturated rings. The third kappa shape index (κ3) is 3.82. The van der Waals surface area contributed by atoms with Gasteiger partial charge in [0.05, 0.1) is 11.6 Å². The molecule has 0 saturated carbocycles. The maximum atomic E-state index is 11.6. The summed E-state index contributed by atoms with van der Waals surface area (Å²) < 4.78 is 0. The molecule has 3 N–H and O–H groups in total. The molecule has 0 saturated heterocycles. The second kappa shape index (κ2) is 8.03. The molecule has 2 aromatic carbocycles. The lowest BCUT2D eigenvalue weighted by Crippen LogP contribution is -2.07. The van der Waals surface area contributed by atoms with Crippen molar-refractivity contribution in [3.05, 3.63) is 74.6 Å². The highest BCUT2D eigenvalue weighted by molar-refractivity contribution is 5.87. The van der Waals surface area contributed by atoms with Crippen molar-refractivity contribution in [3.8, 4) is 5.75 Å². The summed E-state index contributed by atoms with van der Waals surface area (Å²) in [6, 6.07) is 11.2. The van der Waals surface area contributed by atoms with Gasteiger partial charge in [0.25, 0.3) is 0 Å². The maximum Gasteiger partial charge on any atom is 0.248 e. The van der Waals surface area contributed by atoms with Gasteiger partial charge in [-0.15, -0.1) is 0 Å². The number of aromatic hydroxyl groups is 1. The number of fused-ring (bicyclic) bond motifs is 2. The first-order valence-corrected chi connectivity index (χ1v) is 10.7. The number of hydrogen-bond acceptors (Lipinski definition) is 3. The average Bonchev–Trinajstić information content (AvgIpc) is 3.13. The van der Waals surface area contributed by atoms with Crippen molar-refractivity contribution >= 4 is 10.9 Å². The van der Waals surface area contributed by atoms with Crippen molar-refractivity contribution in [2.24, 2.45) is 5.92 Å². The van der Waals surface area contributed by atoms with E-state index in [4.69, 9.17) is 0 Å². The topological polar surface area (TPSA) is 73.3 Å². The number of nitrogens with one attached hydrogen (secondary N) is 1. The number of phenolic OH excluding ortho intramolecular Hbond substituents is 1. The molecule has 3 aromatic rings. The lowest BCUT2D eigenvalue weighted by atomic mass is 9.93. The van der Waals surface area contributed by atoms with Crippen LogP contribution in [0.25, 0.3) is 10.9 Å². The first-order chi connectivity index (χ1) is 14.0. The van der Waals surface area contributed by atoms with Crippen LogP contribution in [0.1, 0.15) is 60.6 Å². The number of aromatic amines is 1. The Morgan fingerprint density at radius 3 is 2.31 bits per heavy atom. The van der Waals surface area contributed by atoms with Gasteiger partial charge < -0.3 is 15.2 Å². The lowest BCUT2D eigenvalue weighted by molar-refractivity contribution is 0.158. The van der Waals surface area contributed by atoms with E-state index in [1.54, 1.807) is 18.2 Å². The van der Waals surface area contributed by atoms with Crippen molar-refractivity contribution in [2.45, 2.75) is 58.5 Å². The molecule has 1 aliphatic rings. The molecule has 0 amide bonds. The zero-order valence-electron chi connectivity index (χ0n) is 17.2. The van der Waals surface area contributed by atoms with Gasteiger partial charge in [0.2, 0.25) is 5.56 Å². The minimum Gasteiger partial charge on any atom is -0.506 e. The number of aromatic nitrogens is 1. The summed E-state index contributed by atoms with van der Waals surface area (Å²) in [5.74, 6) is 0.581. The van der Waals surface area contributed by atoms with Gasteiger partial charge in [0.1, 0.15) is 5.75 Å². The minimum absolute atomic E-state index is 0.0262. The van der Waals surface area contributed by atoms with Crippen LogP contribution >= 0.6 is 0 Å². The average molecular weight is 392 g/mol. The maximum absolute atomic E-state index is 11.6. The van der Waals surface area contributed by atoms with E-state index in [2.05, 4.69) is 31.0 Å². The molecule has 1 heterocycles. The Kier molecular flexibility index (Phi) is 5.46. The molecule has 1 atom stereocenters. The Morgan fingerprint density at radius 1 is 1.03 bits per heavy atom. The number of aliphatic hydroxyl groups excluding tert-OH is 1. The largest absolute Gasteiger partial charge is 0.506 e. The third-order valence-corrected chi connectivity index (χ3v) is 6.41. The Bertz CT molecular complexity index is 1070. The number of rotatable bonds is 6. The number of benzene rings is 2. The Hall–Kier alpha value is -2.59. The Balaban J connectivity index is 1.48. The van der Waals surface area contributed by atoms with Crippen LogP contribution in [-0.2, 0) is 25.7 Å². The quantitative estimate of drug-likeness (QED) is 0.575. The molecule has 4 rings (SSSR count). The predicted molar refractivity (Wildman–Crippen MR) is 117 cm³/mol. The summed E-state index contributed by atoms with van der Waals surface area (Å²) >= 11 is 0. The third-order valence-electron chi connectivity index (χ3n) is 6.41. The van der Waals surface area contributed by atoms with Crippen LogP contribution in [-0.4, -0.2) is 15.2 Å². The van der Waals surface area contributed by atoms with Crippen LogP contribution in [0.4, 0.5) is 0 Å². The Morgan fingerprint density at radius 2 is 1.69 bits per heavy atom. The van der Waals surface area contributed by atoms with Crippen molar-refractivity contribution < 1.29 is 10.2 Å². The molecule has 0 aliphatic heterocycles. The van der Waals surface area contributed by atoms with Crippen molar-refractivity contribution in [3.63, 3.8) is 0 Å². The van der Waals surface area contributed by atoms with E-state index in [1.165, 1.54) is 28.3 Å². The smallest absolute Gasteiger partial charge is 0.248 e. The Labute approximate surface area is 171 Å². The monoisotopic (exact) mass is 391 g/mol. The number of hydrogen-bond donors (Lipinski definition) is 3. The van der Waals surface area contributed by atoms with E-state index in [1.807, 2.05) is 0 Å². The molecule has 1 aliphatic carbocycles. The van der Waals surface area contributed by atoms with Gasteiger partial charge in [-0.3, -0.25) is 4.79 Å². The van der Waals surface area contributed by atoms with Crippen LogP contribution in [0.3, 0.4) is 0 Å². The summed E-state index contributed by atoms with van der Waals surface area (Å²) in [5, 5.41) is 21.6. The molecule has 0 unspecified atom stereocenters. The molecule has 1 aromatic heterocycles. The molecule has 29 heavy (non-hydrogen) atoms. The molecule has 4 nitrogen and oxygen atoms in total. The highest BCUT2D eigenvalue weighted by atomic mass is 16.3. The molecular weight excluding hydrogens is 362 g/mol. The van der Waals surface area contributed by atoms with Gasteiger partial charge >= 0.3 is 0 Å². The molecule has 152 valence electrons. The highest BCUT2D eigenvalue weighted by Crippen LogP contribution is 2.35. The highest BCUT2D eigenvalue weighted by Gasteiger charge is 2.24. The SMILES string of the molecule is CCc1cc2c(cc1CC)CC(CC[C@H](O)c1ccc(O)c3[nH]c(=O)ccc13)C2. The van der Waals surface area contributed by atoms with Crippen LogP contribution in [0.2, 0.25) is 0 Å². The second-order valence-corrected chi connectivity index (χ2v) is 8.25.